The van der Waals surface area contributed by atoms with Gasteiger partial charge in [-0.2, -0.15) is 0 Å². The minimum absolute atomic E-state index is 0.128. The highest BCUT2D eigenvalue weighted by molar-refractivity contribution is 7.14. The summed E-state index contributed by atoms with van der Waals surface area (Å²) in [5, 5.41) is 6.57. The third-order valence-corrected chi connectivity index (χ3v) is 5.91. The first-order chi connectivity index (χ1) is 13.1. The van der Waals surface area contributed by atoms with Gasteiger partial charge in [-0.1, -0.05) is 6.92 Å². The summed E-state index contributed by atoms with van der Waals surface area (Å²) in [5.41, 5.74) is 2.51. The van der Waals surface area contributed by atoms with Crippen molar-refractivity contribution >= 4 is 23.3 Å². The van der Waals surface area contributed by atoms with E-state index < -0.39 is 5.97 Å². The molecule has 0 aromatic carbocycles. The summed E-state index contributed by atoms with van der Waals surface area (Å²) in [4.78, 5) is 27.2. The topological polar surface area (TPSA) is 75.6 Å². The Morgan fingerprint density at radius 2 is 2.00 bits per heavy atom. The molecule has 0 spiro atoms. The summed E-state index contributed by atoms with van der Waals surface area (Å²) in [6, 6.07) is 3.63. The standard InChI is InChI=1S/C19H26N4O3S/c1-3-22-10-7-14-15(11-20-19(25)21-12-17(24)26-4-2)18(27-16(14)13-22)23-8-5-6-9-23/h5-6,8-9H,3-4,7,10-13H2,1-2H3,(H2,20,21,25). The molecule has 3 rings (SSSR count). The van der Waals surface area contributed by atoms with Crippen molar-refractivity contribution in [3.8, 4) is 5.00 Å². The number of nitrogens with one attached hydrogen (secondary N) is 2. The van der Waals surface area contributed by atoms with E-state index in [0.29, 0.717) is 13.2 Å². The van der Waals surface area contributed by atoms with Gasteiger partial charge in [-0.3, -0.25) is 9.69 Å². The van der Waals surface area contributed by atoms with Crippen LogP contribution in [0.25, 0.3) is 5.00 Å². The zero-order valence-electron chi connectivity index (χ0n) is 15.8. The molecule has 0 unspecified atom stereocenters. The van der Waals surface area contributed by atoms with Gasteiger partial charge in [0.2, 0.25) is 0 Å². The number of likely N-dealkylation sites (N-methyl/N-ethyl adjacent to an activating group) is 1. The molecule has 2 amide bonds. The maximum atomic E-state index is 12.1. The van der Waals surface area contributed by atoms with E-state index in [0.717, 1.165) is 36.6 Å². The van der Waals surface area contributed by atoms with Gasteiger partial charge in [-0.25, -0.2) is 4.79 Å². The van der Waals surface area contributed by atoms with E-state index >= 15 is 0 Å². The number of carbonyl (C=O) groups excluding carboxylic acids is 2. The van der Waals surface area contributed by atoms with Gasteiger partial charge in [-0.05, 0) is 37.6 Å². The lowest BCUT2D eigenvalue weighted by atomic mass is 10.0. The van der Waals surface area contributed by atoms with Gasteiger partial charge in [0.25, 0.3) is 0 Å². The summed E-state index contributed by atoms with van der Waals surface area (Å²) in [5.74, 6) is -0.437. The van der Waals surface area contributed by atoms with E-state index in [1.165, 1.54) is 10.4 Å². The van der Waals surface area contributed by atoms with Crippen molar-refractivity contribution in [3.05, 3.63) is 40.5 Å². The molecule has 0 bridgehead atoms. The van der Waals surface area contributed by atoms with Crippen molar-refractivity contribution in [2.75, 3.05) is 26.2 Å². The molecule has 0 aliphatic carbocycles. The largest absolute Gasteiger partial charge is 0.465 e. The van der Waals surface area contributed by atoms with Gasteiger partial charge in [0.15, 0.2) is 0 Å². The quantitative estimate of drug-likeness (QED) is 0.711. The van der Waals surface area contributed by atoms with Gasteiger partial charge in [0, 0.05) is 42.5 Å². The SMILES string of the molecule is CCOC(=O)CNC(=O)NCc1c(-n2cccc2)sc2c1CCN(CC)C2. The lowest BCUT2D eigenvalue weighted by molar-refractivity contribution is -0.141. The van der Waals surface area contributed by atoms with Crippen LogP contribution in [-0.4, -0.2) is 47.7 Å². The molecule has 2 N–H and O–H groups in total. The molecule has 7 nitrogen and oxygen atoms in total. The predicted molar refractivity (Wildman–Crippen MR) is 105 cm³/mol. The number of hydrogen-bond donors (Lipinski definition) is 2. The van der Waals surface area contributed by atoms with Gasteiger partial charge in [0.05, 0.1) is 6.61 Å². The van der Waals surface area contributed by atoms with Gasteiger partial charge >= 0.3 is 12.0 Å². The number of thiophene rings is 1. The third-order valence-electron chi connectivity index (χ3n) is 4.63. The Bertz CT molecular complexity index is 785. The minimum Gasteiger partial charge on any atom is -0.465 e. The predicted octanol–water partition coefficient (Wildman–Crippen LogP) is 2.28. The molecule has 0 radical (unpaired) electrons. The van der Waals surface area contributed by atoms with Crippen molar-refractivity contribution in [1.82, 2.24) is 20.1 Å². The lowest BCUT2D eigenvalue weighted by Gasteiger charge is -2.25. The van der Waals surface area contributed by atoms with Crippen LogP contribution in [0.5, 0.6) is 0 Å². The van der Waals surface area contributed by atoms with Gasteiger partial charge < -0.3 is 19.9 Å². The molecule has 146 valence electrons. The lowest BCUT2D eigenvalue weighted by Crippen LogP contribution is -2.39. The summed E-state index contributed by atoms with van der Waals surface area (Å²) >= 11 is 1.79. The Morgan fingerprint density at radius 3 is 2.70 bits per heavy atom. The van der Waals surface area contributed by atoms with Gasteiger partial charge in [0.1, 0.15) is 11.5 Å². The number of aromatic nitrogens is 1. The number of urea groups is 1. The maximum Gasteiger partial charge on any atom is 0.325 e. The van der Waals surface area contributed by atoms with E-state index in [1.54, 1.807) is 18.3 Å². The van der Waals surface area contributed by atoms with E-state index in [9.17, 15) is 9.59 Å². The Hall–Kier alpha value is -2.32. The molecule has 2 aromatic rings. The number of nitrogens with zero attached hydrogens (tertiary/aromatic N) is 2. The molecule has 0 fully saturated rings. The van der Waals surface area contributed by atoms with E-state index in [4.69, 9.17) is 4.74 Å². The number of amides is 2. The smallest absolute Gasteiger partial charge is 0.325 e. The molecule has 0 saturated heterocycles. The second-order valence-corrected chi connectivity index (χ2v) is 7.42. The van der Waals surface area contributed by atoms with E-state index in [2.05, 4.69) is 27.0 Å². The Labute approximate surface area is 163 Å². The average Bonchev–Trinajstić information content (AvgIpc) is 3.31. The summed E-state index contributed by atoms with van der Waals surface area (Å²) in [6.07, 6.45) is 5.04. The molecule has 27 heavy (non-hydrogen) atoms. The number of hydrogen-bond acceptors (Lipinski definition) is 5. The first kappa shape index (κ1) is 19.4. The Morgan fingerprint density at radius 1 is 1.22 bits per heavy atom. The average molecular weight is 391 g/mol. The van der Waals surface area contributed by atoms with Crippen LogP contribution in [0, 0.1) is 0 Å². The second-order valence-electron chi connectivity index (χ2n) is 6.34. The molecule has 2 aromatic heterocycles. The van der Waals surface area contributed by atoms with Crippen LogP contribution in [0.4, 0.5) is 4.79 Å². The van der Waals surface area contributed by atoms with Gasteiger partial charge in [-0.15, -0.1) is 11.3 Å². The normalized spacial score (nSPS) is 13.9. The maximum absolute atomic E-state index is 12.1. The first-order valence-corrected chi connectivity index (χ1v) is 10.1. The fraction of sp³-hybridized carbons (Fsp3) is 0.474. The number of rotatable bonds is 7. The molecular weight excluding hydrogens is 364 g/mol. The van der Waals surface area contributed by atoms with E-state index in [1.807, 2.05) is 24.5 Å². The van der Waals surface area contributed by atoms with Crippen molar-refractivity contribution in [3.63, 3.8) is 0 Å². The van der Waals surface area contributed by atoms with Crippen LogP contribution in [-0.2, 0) is 29.0 Å². The monoisotopic (exact) mass is 390 g/mol. The number of fused-ring (bicyclic) bond motifs is 1. The summed E-state index contributed by atoms with van der Waals surface area (Å²) in [7, 11) is 0. The first-order valence-electron chi connectivity index (χ1n) is 9.28. The zero-order chi connectivity index (χ0) is 19.2. The molecule has 1 aliphatic heterocycles. The number of carbonyl (C=O) groups is 2. The molecule has 8 heteroatoms. The highest BCUT2D eigenvalue weighted by Gasteiger charge is 2.24. The van der Waals surface area contributed by atoms with Crippen LogP contribution in [0.2, 0.25) is 0 Å². The van der Waals surface area contributed by atoms with Crippen LogP contribution in [0.3, 0.4) is 0 Å². The van der Waals surface area contributed by atoms with Crippen molar-refractivity contribution in [2.45, 2.75) is 33.4 Å². The molecular formula is C19H26N4O3S. The molecule has 0 atom stereocenters. The van der Waals surface area contributed by atoms with Crippen molar-refractivity contribution in [2.24, 2.45) is 0 Å². The summed E-state index contributed by atoms with van der Waals surface area (Å²) in [6.45, 7) is 7.56. The zero-order valence-corrected chi connectivity index (χ0v) is 16.6. The number of ether oxygens (including phenoxy) is 1. The fourth-order valence-corrected chi connectivity index (χ4v) is 4.61. The van der Waals surface area contributed by atoms with E-state index in [-0.39, 0.29) is 12.6 Å². The Balaban J connectivity index is 1.71. The van der Waals surface area contributed by atoms with Crippen molar-refractivity contribution < 1.29 is 14.3 Å². The Kier molecular flexibility index (Phi) is 6.52. The molecule has 3 heterocycles. The highest BCUT2D eigenvalue weighted by Crippen LogP contribution is 2.35. The summed E-state index contributed by atoms with van der Waals surface area (Å²) < 4.78 is 6.92. The third kappa shape index (κ3) is 4.70. The van der Waals surface area contributed by atoms with Crippen LogP contribution >= 0.6 is 11.3 Å². The van der Waals surface area contributed by atoms with Crippen molar-refractivity contribution in [1.29, 1.82) is 0 Å². The van der Waals surface area contributed by atoms with Crippen LogP contribution in [0.1, 0.15) is 29.9 Å². The highest BCUT2D eigenvalue weighted by atomic mass is 32.1. The molecule has 1 aliphatic rings. The number of esters is 1. The van der Waals surface area contributed by atoms with Crippen LogP contribution < -0.4 is 10.6 Å². The van der Waals surface area contributed by atoms with Crippen LogP contribution in [0.15, 0.2) is 24.5 Å². The fourth-order valence-electron chi connectivity index (χ4n) is 3.23. The minimum atomic E-state index is -0.437. The molecule has 0 saturated carbocycles. The second kappa shape index (κ2) is 9.05.